The van der Waals surface area contributed by atoms with Gasteiger partial charge in [-0.25, -0.2) is 0 Å². The van der Waals surface area contributed by atoms with Crippen LogP contribution in [-0.2, 0) is 4.79 Å². The van der Waals surface area contributed by atoms with Crippen molar-refractivity contribution < 1.29 is 19.7 Å². The minimum absolute atomic E-state index is 0.423. The minimum atomic E-state index is -1.05. The van der Waals surface area contributed by atoms with Gasteiger partial charge in [-0.3, -0.25) is 4.79 Å². The number of hydrogen-bond acceptors (Lipinski definition) is 3. The number of halogens is 1. The standard InChI is InChI=1S/C12H13BrO4/c1-17-10-4-5-11(13)8(6-10)2-3-9(7-14)12(15)16/h2-6,9,14H,7H2,1H3,(H,15,16)/t9-/m0/s1. The van der Waals surface area contributed by atoms with E-state index < -0.39 is 18.5 Å². The van der Waals surface area contributed by atoms with Crippen LogP contribution in [0.1, 0.15) is 5.56 Å². The molecular formula is C12H13BrO4. The highest BCUT2D eigenvalue weighted by Gasteiger charge is 2.11. The third-order valence-electron chi connectivity index (χ3n) is 2.23. The van der Waals surface area contributed by atoms with Gasteiger partial charge in [0.2, 0.25) is 0 Å². The van der Waals surface area contributed by atoms with Crippen LogP contribution in [-0.4, -0.2) is 29.9 Å². The molecule has 0 saturated carbocycles. The summed E-state index contributed by atoms with van der Waals surface area (Å²) >= 11 is 3.35. The highest BCUT2D eigenvalue weighted by atomic mass is 79.9. The van der Waals surface area contributed by atoms with Gasteiger partial charge in [0.1, 0.15) is 5.75 Å². The quantitative estimate of drug-likeness (QED) is 0.874. The number of carboxylic acids is 1. The fraction of sp³-hybridized carbons (Fsp3) is 0.250. The second-order valence-corrected chi connectivity index (χ2v) is 4.23. The Labute approximate surface area is 108 Å². The van der Waals surface area contributed by atoms with Gasteiger partial charge in [0.05, 0.1) is 19.6 Å². The van der Waals surface area contributed by atoms with Crippen LogP contribution < -0.4 is 4.74 Å². The van der Waals surface area contributed by atoms with Crippen LogP contribution in [0.25, 0.3) is 6.08 Å². The molecule has 0 saturated heterocycles. The lowest BCUT2D eigenvalue weighted by Gasteiger charge is -2.05. The van der Waals surface area contributed by atoms with E-state index in [-0.39, 0.29) is 0 Å². The van der Waals surface area contributed by atoms with Crippen molar-refractivity contribution in [3.63, 3.8) is 0 Å². The third kappa shape index (κ3) is 3.87. The van der Waals surface area contributed by atoms with Crippen LogP contribution in [0.4, 0.5) is 0 Å². The van der Waals surface area contributed by atoms with Crippen LogP contribution in [0, 0.1) is 5.92 Å². The summed E-state index contributed by atoms with van der Waals surface area (Å²) in [6.07, 6.45) is 3.09. The molecule has 0 amide bonds. The van der Waals surface area contributed by atoms with E-state index in [1.54, 1.807) is 25.3 Å². The van der Waals surface area contributed by atoms with Crippen molar-refractivity contribution in [1.82, 2.24) is 0 Å². The summed E-state index contributed by atoms with van der Waals surface area (Å²) in [5.74, 6) is -1.26. The van der Waals surface area contributed by atoms with Crippen molar-refractivity contribution in [3.05, 3.63) is 34.3 Å². The predicted octanol–water partition coefficient (Wildman–Crippen LogP) is 2.16. The molecule has 0 bridgehead atoms. The molecule has 0 radical (unpaired) electrons. The first kappa shape index (κ1) is 13.7. The Hall–Kier alpha value is -1.33. The van der Waals surface area contributed by atoms with Gasteiger partial charge in [0, 0.05) is 4.47 Å². The van der Waals surface area contributed by atoms with Gasteiger partial charge in [-0.1, -0.05) is 28.1 Å². The number of aliphatic hydroxyl groups is 1. The van der Waals surface area contributed by atoms with Crippen LogP contribution in [0.15, 0.2) is 28.7 Å². The lowest BCUT2D eigenvalue weighted by molar-refractivity contribution is -0.141. The molecule has 92 valence electrons. The molecular weight excluding hydrogens is 288 g/mol. The maximum Gasteiger partial charge on any atom is 0.312 e. The zero-order chi connectivity index (χ0) is 12.8. The van der Waals surface area contributed by atoms with Gasteiger partial charge >= 0.3 is 5.97 Å². The molecule has 0 heterocycles. The lowest BCUT2D eigenvalue weighted by atomic mass is 10.1. The molecule has 0 aliphatic heterocycles. The molecule has 4 nitrogen and oxygen atoms in total. The van der Waals surface area contributed by atoms with E-state index in [1.165, 1.54) is 6.08 Å². The zero-order valence-corrected chi connectivity index (χ0v) is 10.8. The number of rotatable bonds is 5. The Morgan fingerprint density at radius 1 is 1.59 bits per heavy atom. The molecule has 1 aromatic rings. The van der Waals surface area contributed by atoms with Crippen LogP contribution in [0.5, 0.6) is 5.75 Å². The Morgan fingerprint density at radius 2 is 2.29 bits per heavy atom. The van der Waals surface area contributed by atoms with E-state index >= 15 is 0 Å². The molecule has 5 heteroatoms. The highest BCUT2D eigenvalue weighted by molar-refractivity contribution is 9.10. The topological polar surface area (TPSA) is 66.8 Å². The number of methoxy groups -OCH3 is 1. The van der Waals surface area contributed by atoms with Gasteiger partial charge in [0.15, 0.2) is 0 Å². The molecule has 0 unspecified atom stereocenters. The Kier molecular flexibility index (Phi) is 5.18. The van der Waals surface area contributed by atoms with Crippen molar-refractivity contribution >= 4 is 28.0 Å². The number of benzene rings is 1. The third-order valence-corrected chi connectivity index (χ3v) is 2.95. The lowest BCUT2D eigenvalue weighted by Crippen LogP contribution is -2.14. The number of hydrogen-bond donors (Lipinski definition) is 2. The molecule has 0 aliphatic carbocycles. The molecule has 0 fully saturated rings. The van der Waals surface area contributed by atoms with Crippen molar-refractivity contribution in [2.75, 3.05) is 13.7 Å². The zero-order valence-electron chi connectivity index (χ0n) is 9.26. The first-order valence-corrected chi connectivity index (χ1v) is 5.73. The first-order chi connectivity index (χ1) is 8.08. The van der Waals surface area contributed by atoms with Crippen LogP contribution in [0.2, 0.25) is 0 Å². The van der Waals surface area contributed by atoms with Crippen molar-refractivity contribution in [2.24, 2.45) is 5.92 Å². The van der Waals surface area contributed by atoms with E-state index in [1.807, 2.05) is 6.07 Å². The van der Waals surface area contributed by atoms with Crippen molar-refractivity contribution in [3.8, 4) is 5.75 Å². The van der Waals surface area contributed by atoms with Gasteiger partial charge in [-0.2, -0.15) is 0 Å². The van der Waals surface area contributed by atoms with Crippen molar-refractivity contribution in [2.45, 2.75) is 0 Å². The highest BCUT2D eigenvalue weighted by Crippen LogP contribution is 2.24. The predicted molar refractivity (Wildman–Crippen MR) is 67.9 cm³/mol. The first-order valence-electron chi connectivity index (χ1n) is 4.94. The number of carboxylic acid groups (broad SMARTS) is 1. The second-order valence-electron chi connectivity index (χ2n) is 3.37. The number of ether oxygens (including phenoxy) is 1. The van der Waals surface area contributed by atoms with E-state index in [4.69, 9.17) is 14.9 Å². The summed E-state index contributed by atoms with van der Waals surface area (Å²) in [7, 11) is 1.56. The van der Waals surface area contributed by atoms with E-state index in [0.717, 1.165) is 10.0 Å². The summed E-state index contributed by atoms with van der Waals surface area (Å²) in [4.78, 5) is 10.7. The average molecular weight is 301 g/mol. The summed E-state index contributed by atoms with van der Waals surface area (Å²) in [6, 6.07) is 5.38. The number of carbonyl (C=O) groups is 1. The molecule has 2 N–H and O–H groups in total. The van der Waals surface area contributed by atoms with Crippen molar-refractivity contribution in [1.29, 1.82) is 0 Å². The maximum atomic E-state index is 10.7. The number of aliphatic carboxylic acids is 1. The minimum Gasteiger partial charge on any atom is -0.497 e. The Morgan fingerprint density at radius 3 is 2.82 bits per heavy atom. The smallest absolute Gasteiger partial charge is 0.312 e. The van der Waals surface area contributed by atoms with E-state index in [9.17, 15) is 4.79 Å². The summed E-state index contributed by atoms with van der Waals surface area (Å²) < 4.78 is 5.90. The van der Waals surface area contributed by atoms with Crippen LogP contribution >= 0.6 is 15.9 Å². The fourth-order valence-corrected chi connectivity index (χ4v) is 1.60. The molecule has 0 spiro atoms. The Bertz CT molecular complexity index is 429. The maximum absolute atomic E-state index is 10.7. The summed E-state index contributed by atoms with van der Waals surface area (Å²) in [6.45, 7) is -0.423. The monoisotopic (exact) mass is 300 g/mol. The number of aliphatic hydroxyl groups excluding tert-OH is 1. The second kappa shape index (κ2) is 6.42. The molecule has 1 rings (SSSR count). The van der Waals surface area contributed by atoms with E-state index in [0.29, 0.717) is 5.75 Å². The van der Waals surface area contributed by atoms with Gasteiger partial charge in [0.25, 0.3) is 0 Å². The molecule has 1 aromatic carbocycles. The van der Waals surface area contributed by atoms with E-state index in [2.05, 4.69) is 15.9 Å². The SMILES string of the molecule is COc1ccc(Br)c(C=C[C@@H](CO)C(=O)O)c1. The molecule has 0 aliphatic rings. The van der Waals surface area contributed by atoms with Gasteiger partial charge < -0.3 is 14.9 Å². The normalized spacial score (nSPS) is 12.6. The molecule has 0 aromatic heterocycles. The summed E-state index contributed by atoms with van der Waals surface area (Å²) in [5.41, 5.74) is 0.795. The fourth-order valence-electron chi connectivity index (χ4n) is 1.22. The summed E-state index contributed by atoms with van der Waals surface area (Å²) in [5, 5.41) is 17.6. The largest absolute Gasteiger partial charge is 0.497 e. The molecule has 17 heavy (non-hydrogen) atoms. The van der Waals surface area contributed by atoms with Gasteiger partial charge in [-0.15, -0.1) is 0 Å². The van der Waals surface area contributed by atoms with Gasteiger partial charge in [-0.05, 0) is 23.8 Å². The van der Waals surface area contributed by atoms with Crippen LogP contribution in [0.3, 0.4) is 0 Å². The molecule has 1 atom stereocenters. The average Bonchev–Trinajstić information content (AvgIpc) is 2.31. The Balaban J connectivity index is 2.93.